The summed E-state index contributed by atoms with van der Waals surface area (Å²) in [5.74, 6) is 0. The van der Waals surface area contributed by atoms with Crippen molar-refractivity contribution in [2.75, 3.05) is 25.0 Å². The van der Waals surface area contributed by atoms with Gasteiger partial charge in [0.2, 0.25) is 0 Å². The number of para-hydroxylation sites is 1. The van der Waals surface area contributed by atoms with Crippen molar-refractivity contribution in [3.05, 3.63) is 29.8 Å². The Morgan fingerprint density at radius 1 is 1.27 bits per heavy atom. The Morgan fingerprint density at radius 2 is 2.00 bits per heavy atom. The van der Waals surface area contributed by atoms with Crippen molar-refractivity contribution in [1.82, 2.24) is 5.32 Å². The second-order valence-electron chi connectivity index (χ2n) is 5.02. The van der Waals surface area contributed by atoms with Crippen LogP contribution in [0.25, 0.3) is 0 Å². The van der Waals surface area contributed by atoms with Crippen molar-refractivity contribution in [3.8, 4) is 0 Å². The van der Waals surface area contributed by atoms with Crippen LogP contribution < -0.4 is 10.2 Å². The van der Waals surface area contributed by atoms with Crippen LogP contribution in [0.3, 0.4) is 0 Å². The summed E-state index contributed by atoms with van der Waals surface area (Å²) in [5, 5.41) is 3.24. The first-order valence-corrected chi connectivity index (χ1v) is 5.80. The van der Waals surface area contributed by atoms with E-state index in [1.165, 1.54) is 37.2 Å². The summed E-state index contributed by atoms with van der Waals surface area (Å²) < 4.78 is 0. The van der Waals surface area contributed by atoms with Crippen LogP contribution in [0, 0.1) is 5.41 Å². The Labute approximate surface area is 91.3 Å². The Balaban J connectivity index is 1.78. The van der Waals surface area contributed by atoms with E-state index in [9.17, 15) is 0 Å². The van der Waals surface area contributed by atoms with E-state index in [0.717, 1.165) is 12.0 Å². The molecular formula is C13H18N2. The lowest BCUT2D eigenvalue weighted by Gasteiger charge is -2.42. The van der Waals surface area contributed by atoms with Crippen molar-refractivity contribution < 1.29 is 0 Å². The van der Waals surface area contributed by atoms with Gasteiger partial charge in [-0.25, -0.2) is 0 Å². The second kappa shape index (κ2) is 3.24. The fourth-order valence-electron chi connectivity index (χ4n) is 2.59. The fourth-order valence-corrected chi connectivity index (χ4v) is 2.59. The van der Waals surface area contributed by atoms with Gasteiger partial charge in [0.15, 0.2) is 0 Å². The lowest BCUT2D eigenvalue weighted by molar-refractivity contribution is 0.386. The van der Waals surface area contributed by atoms with Gasteiger partial charge in [-0.05, 0) is 31.5 Å². The molecule has 0 radical (unpaired) electrons. The van der Waals surface area contributed by atoms with Gasteiger partial charge in [0.05, 0.1) is 0 Å². The molecule has 0 amide bonds. The number of anilines is 1. The van der Waals surface area contributed by atoms with Gasteiger partial charge in [0.25, 0.3) is 0 Å². The minimum atomic E-state index is 0.743. The quantitative estimate of drug-likeness (QED) is 0.806. The van der Waals surface area contributed by atoms with Crippen LogP contribution in [-0.4, -0.2) is 20.1 Å². The largest absolute Gasteiger partial charge is 0.370 e. The van der Waals surface area contributed by atoms with Crippen LogP contribution in [0.2, 0.25) is 0 Å². The van der Waals surface area contributed by atoms with Gasteiger partial charge in [0, 0.05) is 30.7 Å². The van der Waals surface area contributed by atoms with Gasteiger partial charge in [-0.1, -0.05) is 18.2 Å². The molecule has 15 heavy (non-hydrogen) atoms. The van der Waals surface area contributed by atoms with Crippen molar-refractivity contribution in [2.45, 2.75) is 19.4 Å². The minimum absolute atomic E-state index is 0.743. The molecule has 1 aromatic rings. The molecule has 2 nitrogen and oxygen atoms in total. The van der Waals surface area contributed by atoms with Crippen molar-refractivity contribution in [3.63, 3.8) is 0 Å². The highest BCUT2D eigenvalue weighted by Crippen LogP contribution is 2.54. The average molecular weight is 202 g/mol. The first-order chi connectivity index (χ1) is 7.33. The molecule has 3 rings (SSSR count). The summed E-state index contributed by atoms with van der Waals surface area (Å²) in [4.78, 5) is 2.53. The highest BCUT2D eigenvalue weighted by atomic mass is 15.2. The fraction of sp³-hybridized carbons (Fsp3) is 0.538. The van der Waals surface area contributed by atoms with E-state index in [0.29, 0.717) is 0 Å². The molecule has 80 valence electrons. The zero-order valence-corrected chi connectivity index (χ0v) is 9.29. The number of hydrogen-bond donors (Lipinski definition) is 1. The van der Waals surface area contributed by atoms with E-state index in [1.807, 2.05) is 7.05 Å². The lowest BCUT2D eigenvalue weighted by atomic mass is 9.95. The van der Waals surface area contributed by atoms with Gasteiger partial charge < -0.3 is 10.2 Å². The SMILES string of the molecule is CNCc1ccccc1N1CC2(CC2)C1. The Bertz CT molecular complexity index is 361. The first-order valence-electron chi connectivity index (χ1n) is 5.80. The van der Waals surface area contributed by atoms with E-state index in [4.69, 9.17) is 0 Å². The first kappa shape index (κ1) is 9.22. The maximum Gasteiger partial charge on any atom is 0.0412 e. The summed E-state index contributed by atoms with van der Waals surface area (Å²) >= 11 is 0. The third kappa shape index (κ3) is 1.53. The van der Waals surface area contributed by atoms with Crippen LogP contribution in [-0.2, 0) is 6.54 Å². The van der Waals surface area contributed by atoms with E-state index >= 15 is 0 Å². The average Bonchev–Trinajstić information content (AvgIpc) is 2.97. The Hall–Kier alpha value is -1.02. The van der Waals surface area contributed by atoms with E-state index in [-0.39, 0.29) is 0 Å². The highest BCUT2D eigenvalue weighted by Gasteiger charge is 2.52. The normalized spacial score (nSPS) is 21.5. The standard InChI is InChI=1S/C13H18N2/c1-14-8-11-4-2-3-5-12(11)15-9-13(10-15)6-7-13/h2-5,14H,6-10H2,1H3. The molecule has 0 atom stereocenters. The Morgan fingerprint density at radius 3 is 2.67 bits per heavy atom. The molecule has 1 aliphatic heterocycles. The van der Waals surface area contributed by atoms with Crippen LogP contribution in [0.4, 0.5) is 5.69 Å². The summed E-state index contributed by atoms with van der Waals surface area (Å²) in [6.07, 6.45) is 2.91. The molecule has 1 saturated heterocycles. The van der Waals surface area contributed by atoms with Crippen molar-refractivity contribution in [1.29, 1.82) is 0 Å². The summed E-state index contributed by atoms with van der Waals surface area (Å²) in [5.41, 5.74) is 3.60. The third-order valence-electron chi connectivity index (χ3n) is 3.71. The van der Waals surface area contributed by atoms with E-state index in [2.05, 4.69) is 34.5 Å². The van der Waals surface area contributed by atoms with E-state index in [1.54, 1.807) is 0 Å². The molecule has 1 heterocycles. The summed E-state index contributed by atoms with van der Waals surface area (Å²) in [6.45, 7) is 3.54. The van der Waals surface area contributed by atoms with Crippen LogP contribution >= 0.6 is 0 Å². The summed E-state index contributed by atoms with van der Waals surface area (Å²) in [7, 11) is 2.01. The Kier molecular flexibility index (Phi) is 1.99. The molecular weight excluding hydrogens is 184 g/mol. The maximum absolute atomic E-state index is 3.24. The van der Waals surface area contributed by atoms with E-state index < -0.39 is 0 Å². The van der Waals surface area contributed by atoms with Gasteiger partial charge in [-0.3, -0.25) is 0 Å². The monoisotopic (exact) mass is 202 g/mol. The second-order valence-corrected chi connectivity index (χ2v) is 5.02. The van der Waals surface area contributed by atoms with Crippen molar-refractivity contribution >= 4 is 5.69 Å². The van der Waals surface area contributed by atoms with Gasteiger partial charge in [-0.15, -0.1) is 0 Å². The predicted octanol–water partition coefficient (Wildman–Crippen LogP) is 2.01. The number of hydrogen-bond acceptors (Lipinski definition) is 2. The predicted molar refractivity (Wildman–Crippen MR) is 63.1 cm³/mol. The molecule has 2 fully saturated rings. The molecule has 1 N–H and O–H groups in total. The summed E-state index contributed by atoms with van der Waals surface area (Å²) in [6, 6.07) is 8.75. The minimum Gasteiger partial charge on any atom is -0.370 e. The molecule has 0 bridgehead atoms. The van der Waals surface area contributed by atoms with Gasteiger partial charge in [-0.2, -0.15) is 0 Å². The number of nitrogens with zero attached hydrogens (tertiary/aromatic N) is 1. The molecule has 2 heteroatoms. The third-order valence-corrected chi connectivity index (χ3v) is 3.71. The smallest absolute Gasteiger partial charge is 0.0412 e. The van der Waals surface area contributed by atoms with Crippen LogP contribution in [0.5, 0.6) is 0 Å². The zero-order chi connectivity index (χ0) is 10.3. The maximum atomic E-state index is 3.24. The molecule has 1 aliphatic carbocycles. The van der Waals surface area contributed by atoms with Crippen LogP contribution in [0.15, 0.2) is 24.3 Å². The number of nitrogens with one attached hydrogen (secondary N) is 1. The number of benzene rings is 1. The lowest BCUT2D eigenvalue weighted by Crippen LogP contribution is -2.48. The molecule has 0 aromatic heterocycles. The molecule has 1 spiro atoms. The number of rotatable bonds is 3. The van der Waals surface area contributed by atoms with Crippen molar-refractivity contribution in [2.24, 2.45) is 5.41 Å². The molecule has 0 unspecified atom stereocenters. The highest BCUT2D eigenvalue weighted by molar-refractivity contribution is 5.57. The molecule has 2 aliphatic rings. The molecule has 1 saturated carbocycles. The topological polar surface area (TPSA) is 15.3 Å². The van der Waals surface area contributed by atoms with Gasteiger partial charge >= 0.3 is 0 Å². The van der Waals surface area contributed by atoms with Crippen LogP contribution in [0.1, 0.15) is 18.4 Å². The zero-order valence-electron chi connectivity index (χ0n) is 9.29. The van der Waals surface area contributed by atoms with Gasteiger partial charge in [0.1, 0.15) is 0 Å². The molecule has 1 aromatic carbocycles.